The number of benzene rings is 1. The average molecular weight is 523 g/mol. The van der Waals surface area contributed by atoms with Crippen LogP contribution in [0.1, 0.15) is 34.6 Å². The first kappa shape index (κ1) is 30.6. The van der Waals surface area contributed by atoms with Gasteiger partial charge < -0.3 is 13.3 Å². The number of hydrogen-bond acceptors (Lipinski definition) is 3. The molecule has 0 saturated carbocycles. The Bertz CT molecular complexity index is 821. The Labute approximate surface area is 209 Å². The van der Waals surface area contributed by atoms with Crippen LogP contribution in [-0.2, 0) is 13.3 Å². The van der Waals surface area contributed by atoms with Crippen molar-refractivity contribution in [3.8, 4) is 12.3 Å². The van der Waals surface area contributed by atoms with Gasteiger partial charge in [-0.05, 0) is 79.1 Å². The maximum absolute atomic E-state index is 7.13. The van der Waals surface area contributed by atoms with E-state index in [9.17, 15) is 0 Å². The highest BCUT2D eigenvalue weighted by atomic mass is 28.4. The molecule has 0 radical (unpaired) electrons. The Kier molecular flexibility index (Phi) is 9.50. The molecule has 0 N–H and O–H groups in total. The van der Waals surface area contributed by atoms with Gasteiger partial charge in [-0.25, -0.2) is 0 Å². The second kappa shape index (κ2) is 10.3. The molecule has 4 unspecified atom stereocenters. The number of hydrogen-bond donors (Lipinski definition) is 0. The molecule has 0 amide bonds. The summed E-state index contributed by atoms with van der Waals surface area (Å²) in [4.78, 5) is 0. The summed E-state index contributed by atoms with van der Waals surface area (Å²) < 4.78 is 20.8. The third-order valence-electron chi connectivity index (χ3n) is 7.75. The van der Waals surface area contributed by atoms with Crippen molar-refractivity contribution >= 4 is 38.2 Å². The third-order valence-corrected chi connectivity index (χ3v) is 21.0. The molecule has 0 spiro atoms. The van der Waals surface area contributed by atoms with Crippen LogP contribution in [0.3, 0.4) is 0 Å². The molecule has 0 aliphatic rings. The zero-order valence-electron chi connectivity index (χ0n) is 23.8. The van der Waals surface area contributed by atoms with Gasteiger partial charge in [-0.15, -0.1) is 6.42 Å². The fourth-order valence-corrected chi connectivity index (χ4v) is 14.6. The van der Waals surface area contributed by atoms with Crippen molar-refractivity contribution in [1.29, 1.82) is 0 Å². The molecule has 0 saturated heterocycles. The first-order chi connectivity index (χ1) is 14.6. The molecular formula is C26H50O3Si4. The standard InChI is InChI=1S/C26H50O3Si4/c1-16-26(6,32(13,14)29-25(4,5)30(7,8)9)22(2)27-33(15,23(3)28-31(10,11)12)24-20-18-17-19-21-24/h1,17-23H,2-15H3. The first-order valence-corrected chi connectivity index (χ1v) is 24.5. The molecule has 188 valence electrons. The number of terminal acetylenes is 1. The predicted octanol–water partition coefficient (Wildman–Crippen LogP) is 6.92. The zero-order chi connectivity index (χ0) is 26.1. The Balaban J connectivity index is 3.43. The SMILES string of the molecule is C#CC(C)(C(C)O[Si](C)(c1ccccc1)C(C)O[Si](C)(C)C)[Si](C)(C)OC(C)(C)[Si](C)(C)C. The Hall–Kier alpha value is -0.472. The lowest BCUT2D eigenvalue weighted by Crippen LogP contribution is -2.64. The van der Waals surface area contributed by atoms with E-state index in [1.54, 1.807) is 0 Å². The summed E-state index contributed by atoms with van der Waals surface area (Å²) in [6, 6.07) is 10.6. The van der Waals surface area contributed by atoms with E-state index in [0.717, 1.165) is 0 Å². The molecule has 0 heterocycles. The van der Waals surface area contributed by atoms with Crippen molar-refractivity contribution in [2.45, 2.75) is 116 Å². The molecular weight excluding hydrogens is 473 g/mol. The molecule has 0 aliphatic carbocycles. The van der Waals surface area contributed by atoms with Crippen LogP contribution in [0.2, 0.25) is 64.0 Å². The van der Waals surface area contributed by atoms with E-state index >= 15 is 0 Å². The molecule has 0 bridgehead atoms. The Morgan fingerprint density at radius 1 is 0.818 bits per heavy atom. The maximum atomic E-state index is 7.13. The van der Waals surface area contributed by atoms with Crippen molar-refractivity contribution in [2.75, 3.05) is 0 Å². The van der Waals surface area contributed by atoms with E-state index in [-0.39, 0.29) is 17.1 Å². The Morgan fingerprint density at radius 3 is 1.70 bits per heavy atom. The molecule has 33 heavy (non-hydrogen) atoms. The van der Waals surface area contributed by atoms with Gasteiger partial charge in [0.1, 0.15) is 0 Å². The first-order valence-electron chi connectivity index (χ1n) is 12.2. The van der Waals surface area contributed by atoms with Crippen LogP contribution in [0.4, 0.5) is 0 Å². The largest absolute Gasteiger partial charge is 0.415 e. The van der Waals surface area contributed by atoms with Crippen LogP contribution in [0.25, 0.3) is 0 Å². The van der Waals surface area contributed by atoms with Gasteiger partial charge >= 0.3 is 0 Å². The van der Waals surface area contributed by atoms with Gasteiger partial charge in [0.05, 0.1) is 24.9 Å². The van der Waals surface area contributed by atoms with E-state index in [0.29, 0.717) is 0 Å². The molecule has 1 aromatic carbocycles. The van der Waals surface area contributed by atoms with Crippen LogP contribution in [0.15, 0.2) is 30.3 Å². The fraction of sp³-hybridized carbons (Fsp3) is 0.692. The topological polar surface area (TPSA) is 27.7 Å². The average Bonchev–Trinajstić information content (AvgIpc) is 2.64. The van der Waals surface area contributed by atoms with Gasteiger partial charge in [-0.1, -0.05) is 55.9 Å². The highest BCUT2D eigenvalue weighted by Crippen LogP contribution is 2.46. The van der Waals surface area contributed by atoms with Crippen molar-refractivity contribution in [3.05, 3.63) is 30.3 Å². The smallest absolute Gasteiger partial charge is 0.248 e. The third kappa shape index (κ3) is 7.03. The van der Waals surface area contributed by atoms with Gasteiger partial charge in [-0.2, -0.15) is 0 Å². The summed E-state index contributed by atoms with van der Waals surface area (Å²) in [6.07, 6.45) is 6.12. The monoisotopic (exact) mass is 522 g/mol. The molecule has 7 heteroatoms. The van der Waals surface area contributed by atoms with Crippen molar-refractivity contribution in [3.63, 3.8) is 0 Å². The molecule has 3 nitrogen and oxygen atoms in total. The van der Waals surface area contributed by atoms with Gasteiger partial charge in [0, 0.05) is 5.22 Å². The normalized spacial score (nSPS) is 19.2. The second-order valence-electron chi connectivity index (χ2n) is 12.8. The lowest BCUT2D eigenvalue weighted by Gasteiger charge is -2.51. The molecule has 0 aromatic heterocycles. The van der Waals surface area contributed by atoms with Crippen molar-refractivity contribution < 1.29 is 13.3 Å². The summed E-state index contributed by atoms with van der Waals surface area (Å²) in [5.74, 6) is 3.17. The molecule has 4 atom stereocenters. The minimum absolute atomic E-state index is 0.0140. The van der Waals surface area contributed by atoms with Gasteiger partial charge in [0.25, 0.3) is 0 Å². The number of rotatable bonds is 11. The molecule has 1 rings (SSSR count). The van der Waals surface area contributed by atoms with Crippen LogP contribution >= 0.6 is 0 Å². The van der Waals surface area contributed by atoms with Crippen LogP contribution in [0, 0.1) is 12.3 Å². The highest BCUT2D eigenvalue weighted by Gasteiger charge is 2.55. The summed E-state index contributed by atoms with van der Waals surface area (Å²) in [5, 5.41) is 0.575. The van der Waals surface area contributed by atoms with Crippen molar-refractivity contribution in [1.82, 2.24) is 0 Å². The lowest BCUT2D eigenvalue weighted by atomic mass is 10.1. The maximum Gasteiger partial charge on any atom is 0.248 e. The van der Waals surface area contributed by atoms with Gasteiger partial charge in [-0.3, -0.25) is 0 Å². The van der Waals surface area contributed by atoms with E-state index in [1.165, 1.54) is 5.19 Å². The van der Waals surface area contributed by atoms with E-state index < -0.39 is 38.1 Å². The van der Waals surface area contributed by atoms with Crippen LogP contribution < -0.4 is 5.19 Å². The van der Waals surface area contributed by atoms with E-state index in [2.05, 4.69) is 130 Å². The quantitative estimate of drug-likeness (QED) is 0.233. The lowest BCUT2D eigenvalue weighted by molar-refractivity contribution is 0.120. The fourth-order valence-electron chi connectivity index (χ4n) is 3.97. The molecule has 1 aromatic rings. The van der Waals surface area contributed by atoms with Gasteiger partial charge in [0.2, 0.25) is 16.6 Å². The summed E-state index contributed by atoms with van der Waals surface area (Å²) in [6.45, 7) is 31.6. The second-order valence-corrected chi connectivity index (χ2v) is 31.1. The molecule has 0 fully saturated rings. The predicted molar refractivity (Wildman–Crippen MR) is 155 cm³/mol. The van der Waals surface area contributed by atoms with Crippen molar-refractivity contribution in [2.24, 2.45) is 0 Å². The molecule has 0 aliphatic heterocycles. The summed E-state index contributed by atoms with van der Waals surface area (Å²) in [7, 11) is -8.22. The minimum atomic E-state index is -2.51. The van der Waals surface area contributed by atoms with E-state index in [1.807, 2.05) is 0 Å². The Morgan fingerprint density at radius 2 is 1.30 bits per heavy atom. The van der Waals surface area contributed by atoms with Crippen LogP contribution in [-0.4, -0.2) is 50.1 Å². The van der Waals surface area contributed by atoms with Crippen LogP contribution in [0.5, 0.6) is 0 Å². The summed E-state index contributed by atoms with van der Waals surface area (Å²) >= 11 is 0. The summed E-state index contributed by atoms with van der Waals surface area (Å²) in [5.41, 5.74) is 0.0140. The zero-order valence-corrected chi connectivity index (χ0v) is 27.8. The van der Waals surface area contributed by atoms with Gasteiger partial charge in [0.15, 0.2) is 8.32 Å². The minimum Gasteiger partial charge on any atom is -0.415 e. The highest BCUT2D eigenvalue weighted by molar-refractivity contribution is 6.87. The van der Waals surface area contributed by atoms with E-state index in [4.69, 9.17) is 19.7 Å².